The van der Waals surface area contributed by atoms with Crippen LogP contribution >= 0.6 is 27.3 Å². The van der Waals surface area contributed by atoms with E-state index in [0.717, 1.165) is 38.8 Å². The number of hydrogen-bond donors (Lipinski definition) is 0. The highest BCUT2D eigenvalue weighted by Gasteiger charge is 2.38. The van der Waals surface area contributed by atoms with E-state index in [2.05, 4.69) is 143 Å². The standard InChI is InChI=1S/C40H28BrN3S/c1-2-25-36(29-16-10-19-33-35(29)27-14-6-8-18-32(27)44(33)24-12-4-3-5-13-24)40-39(28-15-7-9-20-34(28)45-40)43-38(25)30-21-22-31(41)26-17-11-23-42-37(26)30/h3-23,25,36H,2H2,1H3. The summed E-state index contributed by atoms with van der Waals surface area (Å²) in [5, 5.41) is 4.94. The molecule has 0 spiro atoms. The molecule has 45 heavy (non-hydrogen) atoms. The Kier molecular flexibility index (Phi) is 6.25. The molecule has 1 aliphatic heterocycles. The maximum Gasteiger partial charge on any atom is 0.0857 e. The highest BCUT2D eigenvalue weighted by molar-refractivity contribution is 9.10. The number of halogens is 1. The van der Waals surface area contributed by atoms with E-state index in [-0.39, 0.29) is 11.8 Å². The molecule has 5 aromatic carbocycles. The highest BCUT2D eigenvalue weighted by atomic mass is 79.9. The van der Waals surface area contributed by atoms with E-state index in [1.54, 1.807) is 0 Å². The Hall–Kier alpha value is -4.58. The molecule has 4 heterocycles. The number of benzene rings is 5. The molecule has 2 atom stereocenters. The molecule has 0 fully saturated rings. The number of hydrogen-bond acceptors (Lipinski definition) is 3. The molecule has 9 rings (SSSR count). The minimum atomic E-state index is 0.135. The summed E-state index contributed by atoms with van der Waals surface area (Å²) in [6, 6.07) is 43.7. The Labute approximate surface area is 273 Å². The number of rotatable bonds is 4. The normalized spacial score (nSPS) is 16.4. The van der Waals surface area contributed by atoms with Crippen LogP contribution in [0.1, 0.15) is 35.3 Å². The number of pyridine rings is 1. The van der Waals surface area contributed by atoms with Gasteiger partial charge in [-0.25, -0.2) is 0 Å². The van der Waals surface area contributed by atoms with Gasteiger partial charge in [-0.1, -0.05) is 95.7 Å². The fraction of sp³-hybridized carbons (Fsp3) is 0.100. The second-order valence-electron chi connectivity index (χ2n) is 11.7. The number of fused-ring (bicyclic) bond motifs is 7. The molecule has 216 valence electrons. The van der Waals surface area contributed by atoms with Crippen LogP contribution in [0.4, 0.5) is 5.69 Å². The predicted molar refractivity (Wildman–Crippen MR) is 194 cm³/mol. The SMILES string of the molecule is CCC1C(c2ccc(Br)c3cccnc23)=Nc2c(sc3ccccc23)C1c1cccc2c1c1ccccc1n2-c1ccccc1. The van der Waals surface area contributed by atoms with E-state index < -0.39 is 0 Å². The fourth-order valence-corrected chi connectivity index (χ4v) is 9.25. The van der Waals surface area contributed by atoms with E-state index >= 15 is 0 Å². The van der Waals surface area contributed by atoms with Gasteiger partial charge in [-0.3, -0.25) is 9.98 Å². The van der Waals surface area contributed by atoms with Crippen LogP contribution in [0, 0.1) is 5.92 Å². The first-order valence-corrected chi connectivity index (χ1v) is 17.0. The zero-order chi connectivity index (χ0) is 30.1. The van der Waals surface area contributed by atoms with Crippen molar-refractivity contribution in [2.75, 3.05) is 0 Å². The first kappa shape index (κ1) is 26.8. The largest absolute Gasteiger partial charge is 0.309 e. The molecule has 3 nitrogen and oxygen atoms in total. The molecule has 3 aromatic heterocycles. The van der Waals surface area contributed by atoms with Gasteiger partial charge in [0.25, 0.3) is 0 Å². The lowest BCUT2D eigenvalue weighted by molar-refractivity contribution is 0.589. The summed E-state index contributed by atoms with van der Waals surface area (Å²) in [5.41, 5.74) is 9.33. The molecule has 0 saturated carbocycles. The van der Waals surface area contributed by atoms with Gasteiger partial charge in [0.15, 0.2) is 0 Å². The maximum atomic E-state index is 5.57. The van der Waals surface area contributed by atoms with Crippen LogP contribution in [0.2, 0.25) is 0 Å². The molecule has 0 amide bonds. The Morgan fingerprint density at radius 3 is 2.36 bits per heavy atom. The minimum absolute atomic E-state index is 0.135. The summed E-state index contributed by atoms with van der Waals surface area (Å²) < 4.78 is 4.76. The van der Waals surface area contributed by atoms with Crippen molar-refractivity contribution >= 4 is 81.5 Å². The molecule has 5 heteroatoms. The van der Waals surface area contributed by atoms with E-state index in [4.69, 9.17) is 9.98 Å². The summed E-state index contributed by atoms with van der Waals surface area (Å²) in [6.07, 6.45) is 2.85. The van der Waals surface area contributed by atoms with Crippen LogP contribution < -0.4 is 0 Å². The van der Waals surface area contributed by atoms with Gasteiger partial charge >= 0.3 is 0 Å². The van der Waals surface area contributed by atoms with Crippen LogP contribution in [0.3, 0.4) is 0 Å². The fourth-order valence-electron chi connectivity index (χ4n) is 7.47. The van der Waals surface area contributed by atoms with Crippen LogP contribution in [0.15, 0.2) is 137 Å². The van der Waals surface area contributed by atoms with Gasteiger partial charge in [-0.15, -0.1) is 11.3 Å². The Morgan fingerprint density at radius 1 is 0.733 bits per heavy atom. The molecular weight excluding hydrogens is 634 g/mol. The van der Waals surface area contributed by atoms with Gasteiger partial charge in [0.05, 0.1) is 27.9 Å². The van der Waals surface area contributed by atoms with Crippen LogP contribution in [0.25, 0.3) is 48.5 Å². The quantitative estimate of drug-likeness (QED) is 0.184. The lowest BCUT2D eigenvalue weighted by Crippen LogP contribution is -2.26. The molecule has 0 radical (unpaired) electrons. The average Bonchev–Trinajstić information content (AvgIpc) is 3.64. The van der Waals surface area contributed by atoms with E-state index in [1.807, 2.05) is 23.6 Å². The molecule has 8 aromatic rings. The van der Waals surface area contributed by atoms with Crippen LogP contribution in [0.5, 0.6) is 0 Å². The highest BCUT2D eigenvalue weighted by Crippen LogP contribution is 2.54. The lowest BCUT2D eigenvalue weighted by Gasteiger charge is -2.32. The van der Waals surface area contributed by atoms with E-state index in [0.29, 0.717) is 0 Å². The molecule has 0 N–H and O–H groups in total. The summed E-state index contributed by atoms with van der Waals surface area (Å²) in [6.45, 7) is 2.31. The second kappa shape index (κ2) is 10.5. The summed E-state index contributed by atoms with van der Waals surface area (Å²) in [4.78, 5) is 11.8. The molecular formula is C40H28BrN3S. The van der Waals surface area contributed by atoms with E-state index in [9.17, 15) is 0 Å². The summed E-state index contributed by atoms with van der Waals surface area (Å²) in [7, 11) is 0. The van der Waals surface area contributed by atoms with Crippen molar-refractivity contribution in [2.45, 2.75) is 19.3 Å². The maximum absolute atomic E-state index is 5.57. The van der Waals surface area contributed by atoms with Crippen molar-refractivity contribution in [3.63, 3.8) is 0 Å². The van der Waals surface area contributed by atoms with Crippen molar-refractivity contribution < 1.29 is 0 Å². The minimum Gasteiger partial charge on any atom is -0.309 e. The first-order valence-electron chi connectivity index (χ1n) is 15.4. The zero-order valence-electron chi connectivity index (χ0n) is 24.6. The molecule has 0 saturated heterocycles. The zero-order valence-corrected chi connectivity index (χ0v) is 27.0. The molecule has 2 unspecified atom stereocenters. The van der Waals surface area contributed by atoms with Gasteiger partial charge in [-0.2, -0.15) is 0 Å². The van der Waals surface area contributed by atoms with Gasteiger partial charge in [0.1, 0.15) is 0 Å². The number of aromatic nitrogens is 2. The van der Waals surface area contributed by atoms with Gasteiger partial charge in [-0.05, 0) is 60.5 Å². The molecule has 1 aliphatic rings. The third-order valence-corrected chi connectivity index (χ3v) is 11.3. The van der Waals surface area contributed by atoms with Crippen molar-refractivity contribution in [2.24, 2.45) is 10.9 Å². The molecule has 0 aliphatic carbocycles. The van der Waals surface area contributed by atoms with Crippen molar-refractivity contribution in [3.8, 4) is 5.69 Å². The first-order chi connectivity index (χ1) is 22.2. The summed E-state index contributed by atoms with van der Waals surface area (Å²) in [5.74, 6) is 0.303. The van der Waals surface area contributed by atoms with Crippen LogP contribution in [-0.4, -0.2) is 15.3 Å². The van der Waals surface area contributed by atoms with Crippen molar-refractivity contribution in [1.82, 2.24) is 9.55 Å². The Bertz CT molecular complexity index is 2450. The summed E-state index contributed by atoms with van der Waals surface area (Å²) >= 11 is 5.68. The van der Waals surface area contributed by atoms with Gasteiger partial charge in [0.2, 0.25) is 0 Å². The smallest absolute Gasteiger partial charge is 0.0857 e. The van der Waals surface area contributed by atoms with E-state index in [1.165, 1.54) is 48.0 Å². The number of para-hydroxylation sites is 2. The lowest BCUT2D eigenvalue weighted by atomic mass is 9.74. The monoisotopic (exact) mass is 661 g/mol. The van der Waals surface area contributed by atoms with Crippen molar-refractivity contribution in [1.29, 1.82) is 0 Å². The third kappa shape index (κ3) is 4.00. The average molecular weight is 663 g/mol. The Balaban J connectivity index is 1.38. The molecule has 0 bridgehead atoms. The number of aliphatic imine (C=N–C) groups is 1. The second-order valence-corrected chi connectivity index (χ2v) is 13.7. The number of thiophene rings is 1. The topological polar surface area (TPSA) is 30.2 Å². The van der Waals surface area contributed by atoms with Crippen molar-refractivity contribution in [3.05, 3.63) is 148 Å². The van der Waals surface area contributed by atoms with Gasteiger partial charge in [0, 0.05) is 64.9 Å². The van der Waals surface area contributed by atoms with Crippen LogP contribution in [-0.2, 0) is 0 Å². The Morgan fingerprint density at radius 2 is 1.49 bits per heavy atom. The third-order valence-electron chi connectivity index (χ3n) is 9.38. The van der Waals surface area contributed by atoms with Gasteiger partial charge < -0.3 is 4.57 Å². The number of nitrogens with zero attached hydrogens (tertiary/aromatic N) is 3. The predicted octanol–water partition coefficient (Wildman–Crippen LogP) is 11.6.